The first kappa shape index (κ1) is 23.3. The summed E-state index contributed by atoms with van der Waals surface area (Å²) in [6.07, 6.45) is 0.990. The molecule has 1 fully saturated rings. The van der Waals surface area contributed by atoms with E-state index in [1.165, 1.54) is 23.5 Å². The molecule has 0 saturated carbocycles. The van der Waals surface area contributed by atoms with E-state index in [0.717, 1.165) is 17.5 Å². The molecule has 2 heterocycles. The van der Waals surface area contributed by atoms with Crippen LogP contribution in [0.25, 0.3) is 11.0 Å². The average molecular weight is 471 g/mol. The molecule has 0 radical (unpaired) electrons. The van der Waals surface area contributed by atoms with Crippen molar-refractivity contribution in [3.63, 3.8) is 0 Å². The van der Waals surface area contributed by atoms with Crippen LogP contribution in [0.15, 0.2) is 47.4 Å². The number of aromatic nitrogens is 2. The summed E-state index contributed by atoms with van der Waals surface area (Å²) in [6.45, 7) is 7.61. The molecule has 1 N–H and O–H groups in total. The fourth-order valence-corrected chi connectivity index (χ4v) is 6.49. The molecule has 1 amide bonds. The predicted octanol–water partition coefficient (Wildman–Crippen LogP) is 3.98. The highest BCUT2D eigenvalue weighted by molar-refractivity contribution is 7.89. The van der Waals surface area contributed by atoms with Crippen molar-refractivity contribution in [3.8, 4) is 5.75 Å². The van der Waals surface area contributed by atoms with Gasteiger partial charge >= 0.3 is 0 Å². The second kappa shape index (κ2) is 9.15. The van der Waals surface area contributed by atoms with Gasteiger partial charge in [-0.2, -0.15) is 4.31 Å². The summed E-state index contributed by atoms with van der Waals surface area (Å²) < 4.78 is 35.8. The van der Waals surface area contributed by atoms with Crippen LogP contribution in [0.1, 0.15) is 37.6 Å². The minimum absolute atomic E-state index is 0.00273. The molecule has 1 saturated heterocycles. The maximum atomic E-state index is 13.5. The van der Waals surface area contributed by atoms with Gasteiger partial charge in [0.1, 0.15) is 10.6 Å². The van der Waals surface area contributed by atoms with E-state index in [0.29, 0.717) is 25.6 Å². The molecule has 4 rings (SSSR count). The molecule has 0 aliphatic carbocycles. The van der Waals surface area contributed by atoms with Crippen molar-refractivity contribution in [1.82, 2.24) is 13.9 Å². The van der Waals surface area contributed by atoms with Gasteiger partial charge in [-0.15, -0.1) is 0 Å². The summed E-state index contributed by atoms with van der Waals surface area (Å²) in [5.74, 6) is 0.742. The quantitative estimate of drug-likeness (QED) is 0.588. The van der Waals surface area contributed by atoms with Crippen LogP contribution in [-0.2, 0) is 16.6 Å². The number of methoxy groups -OCH3 is 1. The minimum atomic E-state index is -3.83. The number of para-hydroxylation sites is 2. The molecule has 33 heavy (non-hydrogen) atoms. The van der Waals surface area contributed by atoms with Gasteiger partial charge in [-0.1, -0.05) is 26.0 Å². The number of fused-ring (bicyclic) bond motifs is 1. The molecular formula is C24H30N4O4S. The number of benzene rings is 2. The third-order valence-electron chi connectivity index (χ3n) is 6.08. The van der Waals surface area contributed by atoms with Crippen molar-refractivity contribution in [1.29, 1.82) is 0 Å². The Morgan fingerprint density at radius 2 is 1.85 bits per heavy atom. The van der Waals surface area contributed by atoms with E-state index < -0.39 is 15.9 Å². The van der Waals surface area contributed by atoms with Crippen LogP contribution in [-0.4, -0.2) is 48.4 Å². The maximum Gasteiger partial charge on any atom is 0.258 e. The lowest BCUT2D eigenvalue weighted by Crippen LogP contribution is -2.42. The number of aryl methyl sites for hydroxylation is 1. The van der Waals surface area contributed by atoms with Gasteiger partial charge in [-0.3, -0.25) is 10.1 Å². The van der Waals surface area contributed by atoms with Crippen LogP contribution in [0.4, 0.5) is 5.95 Å². The zero-order chi connectivity index (χ0) is 23.8. The number of hydrogen-bond acceptors (Lipinski definition) is 5. The number of amides is 1. The SMILES string of the molecule is CCn1c(NC(=O)c2ccc(OC)c(S(=O)(=O)N3C[C@@H](C)C[C@H](C)C3)c2)nc2ccccc21. The number of sulfonamides is 1. The summed E-state index contributed by atoms with van der Waals surface area (Å²) in [4.78, 5) is 17.6. The lowest BCUT2D eigenvalue weighted by molar-refractivity contribution is 0.102. The third-order valence-corrected chi connectivity index (χ3v) is 7.93. The Balaban J connectivity index is 1.67. The first-order valence-corrected chi connectivity index (χ1v) is 12.6. The second-order valence-electron chi connectivity index (χ2n) is 8.76. The first-order valence-electron chi connectivity index (χ1n) is 11.2. The molecule has 3 aromatic rings. The summed E-state index contributed by atoms with van der Waals surface area (Å²) in [5, 5.41) is 2.84. The molecule has 8 nitrogen and oxygen atoms in total. The molecule has 0 spiro atoms. The molecule has 1 aromatic heterocycles. The van der Waals surface area contributed by atoms with Crippen LogP contribution in [0.3, 0.4) is 0 Å². The number of ether oxygens (including phenoxy) is 1. The number of carbonyl (C=O) groups excluding carboxylic acids is 1. The van der Waals surface area contributed by atoms with Crippen LogP contribution >= 0.6 is 0 Å². The standard InChI is InChI=1S/C24H30N4O4S/c1-5-28-20-9-7-6-8-19(20)25-24(28)26-23(29)18-10-11-21(32-4)22(13-18)33(30,31)27-14-16(2)12-17(3)15-27/h6-11,13,16-17H,5,12,14-15H2,1-4H3,(H,25,26,29)/t16-,17-/m0/s1. The highest BCUT2D eigenvalue weighted by Crippen LogP contribution is 2.32. The molecule has 2 aromatic carbocycles. The Labute approximate surface area is 194 Å². The number of rotatable bonds is 6. The van der Waals surface area contributed by atoms with E-state index in [2.05, 4.69) is 24.1 Å². The van der Waals surface area contributed by atoms with E-state index in [1.807, 2.05) is 35.8 Å². The van der Waals surface area contributed by atoms with Gasteiger partial charge in [0.25, 0.3) is 5.91 Å². The predicted molar refractivity (Wildman–Crippen MR) is 128 cm³/mol. The Morgan fingerprint density at radius 1 is 1.15 bits per heavy atom. The van der Waals surface area contributed by atoms with E-state index in [-0.39, 0.29) is 28.0 Å². The van der Waals surface area contributed by atoms with Crippen LogP contribution in [0, 0.1) is 11.8 Å². The number of nitrogens with zero attached hydrogens (tertiary/aromatic N) is 3. The van der Waals surface area contributed by atoms with Crippen LogP contribution in [0.5, 0.6) is 5.75 Å². The van der Waals surface area contributed by atoms with Gasteiger partial charge in [0.2, 0.25) is 16.0 Å². The Kier molecular flexibility index (Phi) is 6.45. The first-order chi connectivity index (χ1) is 15.7. The van der Waals surface area contributed by atoms with Crippen molar-refractivity contribution >= 4 is 32.9 Å². The summed E-state index contributed by atoms with van der Waals surface area (Å²) in [6, 6.07) is 12.1. The molecule has 2 atom stereocenters. The molecule has 0 bridgehead atoms. The van der Waals surface area contributed by atoms with E-state index in [9.17, 15) is 13.2 Å². The lowest BCUT2D eigenvalue weighted by Gasteiger charge is -2.34. The number of imidazole rings is 1. The van der Waals surface area contributed by atoms with Gasteiger partial charge in [0, 0.05) is 25.2 Å². The van der Waals surface area contributed by atoms with Crippen LogP contribution < -0.4 is 10.1 Å². The number of carbonyl (C=O) groups is 1. The van der Waals surface area contributed by atoms with Crippen molar-refractivity contribution in [2.75, 3.05) is 25.5 Å². The maximum absolute atomic E-state index is 13.5. The summed E-state index contributed by atoms with van der Waals surface area (Å²) >= 11 is 0. The summed E-state index contributed by atoms with van der Waals surface area (Å²) in [5.41, 5.74) is 1.92. The monoisotopic (exact) mass is 470 g/mol. The van der Waals surface area contributed by atoms with Crippen LogP contribution in [0.2, 0.25) is 0 Å². The molecule has 176 valence electrons. The van der Waals surface area contributed by atoms with E-state index >= 15 is 0 Å². The van der Waals surface area contributed by atoms with Gasteiger partial charge in [-0.05, 0) is 55.5 Å². The Bertz CT molecular complexity index is 1270. The van der Waals surface area contributed by atoms with E-state index in [4.69, 9.17) is 4.74 Å². The number of piperidine rings is 1. The molecular weight excluding hydrogens is 440 g/mol. The normalized spacial score (nSPS) is 19.5. The smallest absolute Gasteiger partial charge is 0.258 e. The highest BCUT2D eigenvalue weighted by atomic mass is 32.2. The largest absolute Gasteiger partial charge is 0.495 e. The van der Waals surface area contributed by atoms with Crippen molar-refractivity contribution in [2.45, 2.75) is 38.6 Å². The van der Waals surface area contributed by atoms with Gasteiger partial charge < -0.3 is 9.30 Å². The molecule has 9 heteroatoms. The third kappa shape index (κ3) is 4.47. The zero-order valence-electron chi connectivity index (χ0n) is 19.4. The fourth-order valence-electron chi connectivity index (χ4n) is 4.63. The number of nitrogens with one attached hydrogen (secondary N) is 1. The topological polar surface area (TPSA) is 93.5 Å². The Morgan fingerprint density at radius 3 is 2.52 bits per heavy atom. The van der Waals surface area contributed by atoms with E-state index in [1.54, 1.807) is 6.07 Å². The fraction of sp³-hybridized carbons (Fsp3) is 0.417. The zero-order valence-corrected chi connectivity index (χ0v) is 20.2. The Hall–Kier alpha value is -2.91. The molecule has 1 aliphatic heterocycles. The van der Waals surface area contributed by atoms with Gasteiger partial charge in [-0.25, -0.2) is 13.4 Å². The van der Waals surface area contributed by atoms with Crippen molar-refractivity contribution in [3.05, 3.63) is 48.0 Å². The molecule has 0 unspecified atom stereocenters. The highest BCUT2D eigenvalue weighted by Gasteiger charge is 2.34. The molecule has 1 aliphatic rings. The number of hydrogen-bond donors (Lipinski definition) is 1. The van der Waals surface area contributed by atoms with Gasteiger partial charge in [0.05, 0.1) is 18.1 Å². The minimum Gasteiger partial charge on any atom is -0.495 e. The van der Waals surface area contributed by atoms with Crippen molar-refractivity contribution < 1.29 is 17.9 Å². The second-order valence-corrected chi connectivity index (χ2v) is 10.7. The number of anilines is 1. The lowest BCUT2D eigenvalue weighted by atomic mass is 9.94. The van der Waals surface area contributed by atoms with Crippen molar-refractivity contribution in [2.24, 2.45) is 11.8 Å². The van der Waals surface area contributed by atoms with Gasteiger partial charge in [0.15, 0.2) is 0 Å². The summed E-state index contributed by atoms with van der Waals surface area (Å²) in [7, 11) is -2.40. The average Bonchev–Trinajstić information content (AvgIpc) is 3.14.